The minimum atomic E-state index is -0.000411. The summed E-state index contributed by atoms with van der Waals surface area (Å²) >= 11 is 0. The number of carbonyl (C=O) groups is 1. The second kappa shape index (κ2) is 7.76. The molecule has 140 valence electrons. The van der Waals surface area contributed by atoms with Gasteiger partial charge in [-0.2, -0.15) is 4.98 Å². The molecular weight excluding hydrogens is 334 g/mol. The first-order chi connectivity index (χ1) is 12.5. The van der Waals surface area contributed by atoms with Gasteiger partial charge in [-0.05, 0) is 51.8 Å². The molecule has 3 rings (SSSR count). The number of ether oxygens (including phenoxy) is 2. The Morgan fingerprint density at radius 3 is 2.58 bits per heavy atom. The zero-order valence-electron chi connectivity index (χ0n) is 15.7. The Balaban J connectivity index is 1.66. The zero-order valence-corrected chi connectivity index (χ0v) is 15.7. The fourth-order valence-electron chi connectivity index (χ4n) is 3.14. The Morgan fingerprint density at radius 2 is 2.00 bits per heavy atom. The molecule has 0 spiro atoms. The van der Waals surface area contributed by atoms with Gasteiger partial charge in [0.1, 0.15) is 0 Å². The Morgan fingerprint density at radius 1 is 1.27 bits per heavy atom. The van der Waals surface area contributed by atoms with Crippen molar-refractivity contribution in [2.45, 2.75) is 45.6 Å². The largest absolute Gasteiger partial charge is 0.493 e. The highest BCUT2D eigenvalue weighted by molar-refractivity contribution is 5.95. The number of nitrogens with zero attached hydrogens (tertiary/aromatic N) is 3. The lowest BCUT2D eigenvalue weighted by atomic mass is 9.96. The minimum Gasteiger partial charge on any atom is -0.493 e. The summed E-state index contributed by atoms with van der Waals surface area (Å²) in [6.07, 6.45) is 1.68. The molecule has 7 nitrogen and oxygen atoms in total. The average molecular weight is 359 g/mol. The molecule has 0 saturated carbocycles. The first-order valence-electron chi connectivity index (χ1n) is 8.92. The van der Waals surface area contributed by atoms with Gasteiger partial charge in [0.2, 0.25) is 5.89 Å². The summed E-state index contributed by atoms with van der Waals surface area (Å²) in [5.41, 5.74) is 0.602. The molecule has 0 atom stereocenters. The second-order valence-corrected chi connectivity index (χ2v) is 6.78. The number of carbonyl (C=O) groups excluding carboxylic acids is 1. The van der Waals surface area contributed by atoms with Crippen molar-refractivity contribution in [3.8, 4) is 11.5 Å². The number of aryl methyl sites for hydroxylation is 1. The summed E-state index contributed by atoms with van der Waals surface area (Å²) in [6.45, 7) is 7.04. The van der Waals surface area contributed by atoms with E-state index in [2.05, 4.69) is 10.1 Å². The minimum absolute atomic E-state index is 0.000411. The monoisotopic (exact) mass is 359 g/mol. The van der Waals surface area contributed by atoms with Crippen molar-refractivity contribution in [3.05, 3.63) is 35.5 Å². The summed E-state index contributed by atoms with van der Waals surface area (Å²) in [6, 6.07) is 5.32. The Kier molecular flexibility index (Phi) is 5.44. The number of aromatic nitrogens is 2. The summed E-state index contributed by atoms with van der Waals surface area (Å²) in [7, 11) is 1.58. The molecule has 1 aromatic heterocycles. The molecule has 7 heteroatoms. The Hall–Kier alpha value is -2.57. The third kappa shape index (κ3) is 3.98. The molecule has 1 aliphatic heterocycles. The first-order valence-corrected chi connectivity index (χ1v) is 8.92. The van der Waals surface area contributed by atoms with Crippen molar-refractivity contribution in [2.75, 3.05) is 20.2 Å². The van der Waals surface area contributed by atoms with Crippen molar-refractivity contribution in [2.24, 2.45) is 0 Å². The van der Waals surface area contributed by atoms with Gasteiger partial charge in [0, 0.05) is 24.6 Å². The number of rotatable bonds is 5. The lowest BCUT2D eigenvalue weighted by molar-refractivity contribution is 0.0704. The second-order valence-electron chi connectivity index (χ2n) is 6.78. The van der Waals surface area contributed by atoms with E-state index in [9.17, 15) is 4.79 Å². The van der Waals surface area contributed by atoms with Crippen molar-refractivity contribution >= 4 is 5.91 Å². The summed E-state index contributed by atoms with van der Waals surface area (Å²) in [5, 5.41) is 3.85. The lowest BCUT2D eigenvalue weighted by Gasteiger charge is -2.30. The highest BCUT2D eigenvalue weighted by atomic mass is 16.5. The van der Waals surface area contributed by atoms with Gasteiger partial charge in [-0.25, -0.2) is 0 Å². The van der Waals surface area contributed by atoms with Crippen molar-refractivity contribution in [1.82, 2.24) is 15.0 Å². The highest BCUT2D eigenvalue weighted by Crippen LogP contribution is 2.31. The van der Waals surface area contributed by atoms with E-state index in [1.54, 1.807) is 25.3 Å². The number of methoxy groups -OCH3 is 1. The van der Waals surface area contributed by atoms with Crippen LogP contribution in [0, 0.1) is 6.92 Å². The van der Waals surface area contributed by atoms with Gasteiger partial charge < -0.3 is 18.9 Å². The molecule has 1 fully saturated rings. The molecule has 1 aliphatic rings. The van der Waals surface area contributed by atoms with Crippen molar-refractivity contribution in [1.29, 1.82) is 0 Å². The lowest BCUT2D eigenvalue weighted by Crippen LogP contribution is -2.38. The number of hydrogen-bond acceptors (Lipinski definition) is 6. The van der Waals surface area contributed by atoms with E-state index in [4.69, 9.17) is 14.0 Å². The van der Waals surface area contributed by atoms with Crippen LogP contribution in [0.2, 0.25) is 0 Å². The van der Waals surface area contributed by atoms with E-state index in [1.165, 1.54) is 0 Å². The number of hydrogen-bond donors (Lipinski definition) is 0. The van der Waals surface area contributed by atoms with E-state index < -0.39 is 0 Å². The van der Waals surface area contributed by atoms with Gasteiger partial charge in [0.05, 0.1) is 13.2 Å². The molecule has 0 unspecified atom stereocenters. The molecule has 26 heavy (non-hydrogen) atoms. The quantitative estimate of drug-likeness (QED) is 0.816. The van der Waals surface area contributed by atoms with Crippen LogP contribution in [0.4, 0.5) is 0 Å². The molecule has 1 aromatic carbocycles. The van der Waals surface area contributed by atoms with Crippen LogP contribution in [0.15, 0.2) is 22.7 Å². The maximum Gasteiger partial charge on any atom is 0.253 e. The highest BCUT2D eigenvalue weighted by Gasteiger charge is 2.28. The van der Waals surface area contributed by atoms with Crippen LogP contribution in [-0.4, -0.2) is 47.3 Å². The van der Waals surface area contributed by atoms with E-state index in [1.807, 2.05) is 25.7 Å². The standard InChI is InChI=1S/C19H25N3O4/c1-12(2)25-16-6-5-15(11-17(16)24-4)19(23)22-9-7-14(8-10-22)18-20-13(3)21-26-18/h5-6,11-12,14H,7-10H2,1-4H3. The van der Waals surface area contributed by atoms with Gasteiger partial charge in [-0.1, -0.05) is 5.16 Å². The zero-order chi connectivity index (χ0) is 18.7. The summed E-state index contributed by atoms with van der Waals surface area (Å²) in [5.74, 6) is 2.75. The van der Waals surface area contributed by atoms with Gasteiger partial charge in [-0.3, -0.25) is 4.79 Å². The van der Waals surface area contributed by atoms with E-state index in [0.29, 0.717) is 41.9 Å². The van der Waals surface area contributed by atoms with Crippen LogP contribution in [-0.2, 0) is 0 Å². The molecule has 0 aliphatic carbocycles. The smallest absolute Gasteiger partial charge is 0.253 e. The van der Waals surface area contributed by atoms with E-state index in [0.717, 1.165) is 12.8 Å². The fraction of sp³-hybridized carbons (Fsp3) is 0.526. The molecule has 2 aromatic rings. The third-order valence-corrected chi connectivity index (χ3v) is 4.45. The van der Waals surface area contributed by atoms with Crippen LogP contribution in [0.1, 0.15) is 54.7 Å². The molecule has 0 bridgehead atoms. The van der Waals surface area contributed by atoms with Crippen LogP contribution in [0.25, 0.3) is 0 Å². The van der Waals surface area contributed by atoms with Gasteiger partial charge in [-0.15, -0.1) is 0 Å². The Bertz CT molecular complexity index is 764. The molecular formula is C19H25N3O4. The predicted molar refractivity (Wildman–Crippen MR) is 95.7 cm³/mol. The number of benzene rings is 1. The normalized spacial score (nSPS) is 15.3. The number of likely N-dealkylation sites (tertiary alicyclic amines) is 1. The predicted octanol–water partition coefficient (Wildman–Crippen LogP) is 3.19. The van der Waals surface area contributed by atoms with Gasteiger partial charge >= 0.3 is 0 Å². The van der Waals surface area contributed by atoms with Crippen molar-refractivity contribution < 1.29 is 18.8 Å². The van der Waals surface area contributed by atoms with Crippen LogP contribution in [0.3, 0.4) is 0 Å². The SMILES string of the molecule is COc1cc(C(=O)N2CCC(c3nc(C)no3)CC2)ccc1OC(C)C. The third-order valence-electron chi connectivity index (χ3n) is 4.45. The number of piperidine rings is 1. The maximum atomic E-state index is 12.8. The van der Waals surface area contributed by atoms with Gasteiger partial charge in [0.15, 0.2) is 17.3 Å². The molecule has 0 radical (unpaired) electrons. The summed E-state index contributed by atoms with van der Waals surface area (Å²) < 4.78 is 16.4. The maximum absolute atomic E-state index is 12.8. The van der Waals surface area contributed by atoms with Crippen LogP contribution >= 0.6 is 0 Å². The summed E-state index contributed by atoms with van der Waals surface area (Å²) in [4.78, 5) is 19.0. The molecule has 1 saturated heterocycles. The van der Waals surface area contributed by atoms with Crippen molar-refractivity contribution in [3.63, 3.8) is 0 Å². The van der Waals surface area contributed by atoms with Crippen LogP contribution in [0.5, 0.6) is 11.5 Å². The first kappa shape index (κ1) is 18.2. The topological polar surface area (TPSA) is 77.7 Å². The number of amides is 1. The average Bonchev–Trinajstić information content (AvgIpc) is 3.07. The molecule has 0 N–H and O–H groups in total. The molecule has 1 amide bonds. The fourth-order valence-corrected chi connectivity index (χ4v) is 3.14. The van der Waals surface area contributed by atoms with Gasteiger partial charge in [0.25, 0.3) is 5.91 Å². The molecule has 2 heterocycles. The van der Waals surface area contributed by atoms with Crippen LogP contribution < -0.4 is 9.47 Å². The van der Waals surface area contributed by atoms with E-state index in [-0.39, 0.29) is 17.9 Å². The van der Waals surface area contributed by atoms with E-state index >= 15 is 0 Å². The Labute approximate surface area is 153 Å².